The lowest BCUT2D eigenvalue weighted by Gasteiger charge is -2.35. The summed E-state index contributed by atoms with van der Waals surface area (Å²) in [6.07, 6.45) is 1.21. The van der Waals surface area contributed by atoms with Crippen molar-refractivity contribution in [1.82, 2.24) is 15.0 Å². The average Bonchev–Trinajstić information content (AvgIpc) is 3.37. The van der Waals surface area contributed by atoms with Gasteiger partial charge in [0.1, 0.15) is 17.8 Å². The zero-order valence-electron chi connectivity index (χ0n) is 15.6. The number of nitrogens with one attached hydrogen (secondary N) is 1. The van der Waals surface area contributed by atoms with Crippen molar-refractivity contribution in [2.75, 3.05) is 36.4 Å². The lowest BCUT2D eigenvalue weighted by Crippen LogP contribution is -2.48. The fraction of sp³-hybridized carbons (Fsp3) is 0.263. The number of hydrogen-bond acceptors (Lipinski definition) is 7. The monoisotopic (exact) mass is 399 g/mol. The summed E-state index contributed by atoms with van der Waals surface area (Å²) < 4.78 is 23.1. The number of amides is 2. The van der Waals surface area contributed by atoms with Crippen molar-refractivity contribution in [2.45, 2.75) is 6.92 Å². The van der Waals surface area contributed by atoms with E-state index in [4.69, 9.17) is 8.94 Å². The molecule has 0 radical (unpaired) electrons. The number of benzene rings is 1. The SMILES string of the molecule is Cc1cc(C(=O)Nc2nc(C(=O)N3CCN(c4ccc(F)cc4)CC3)co2)no1. The van der Waals surface area contributed by atoms with Crippen LogP contribution in [0.3, 0.4) is 0 Å². The standard InChI is InChI=1S/C19H18FN5O4/c1-12-10-15(23-29-12)17(26)22-19-21-16(11-28-19)18(27)25-8-6-24(7-9-25)14-4-2-13(20)3-5-14/h2-5,10-11H,6-9H2,1H3,(H,21,22,26). The van der Waals surface area contributed by atoms with Gasteiger partial charge in [-0.1, -0.05) is 5.16 Å². The van der Waals surface area contributed by atoms with Crippen molar-refractivity contribution in [2.24, 2.45) is 0 Å². The molecule has 1 aromatic carbocycles. The number of rotatable bonds is 4. The Balaban J connectivity index is 1.34. The number of hydrogen-bond donors (Lipinski definition) is 1. The zero-order chi connectivity index (χ0) is 20.4. The molecule has 1 fully saturated rings. The van der Waals surface area contributed by atoms with Gasteiger partial charge in [-0.15, -0.1) is 0 Å². The van der Waals surface area contributed by atoms with Crippen molar-refractivity contribution in [3.05, 3.63) is 59.6 Å². The molecule has 10 heteroatoms. The lowest BCUT2D eigenvalue weighted by atomic mass is 10.2. The molecule has 1 N–H and O–H groups in total. The van der Waals surface area contributed by atoms with Gasteiger partial charge in [0.2, 0.25) is 0 Å². The van der Waals surface area contributed by atoms with Gasteiger partial charge in [0, 0.05) is 37.9 Å². The van der Waals surface area contributed by atoms with Crippen LogP contribution in [0.1, 0.15) is 26.7 Å². The second-order valence-electron chi connectivity index (χ2n) is 6.57. The number of aromatic nitrogens is 2. The third kappa shape index (κ3) is 4.10. The van der Waals surface area contributed by atoms with Gasteiger partial charge >= 0.3 is 6.01 Å². The number of anilines is 2. The van der Waals surface area contributed by atoms with E-state index in [0.29, 0.717) is 31.9 Å². The highest BCUT2D eigenvalue weighted by Crippen LogP contribution is 2.18. The smallest absolute Gasteiger partial charge is 0.302 e. The van der Waals surface area contributed by atoms with Gasteiger partial charge in [-0.3, -0.25) is 14.9 Å². The van der Waals surface area contributed by atoms with Crippen LogP contribution in [0.15, 0.2) is 45.5 Å². The Hall–Kier alpha value is -3.69. The van der Waals surface area contributed by atoms with Gasteiger partial charge in [-0.2, -0.15) is 4.98 Å². The summed E-state index contributed by atoms with van der Waals surface area (Å²) in [5.74, 6) is -0.616. The maximum absolute atomic E-state index is 13.1. The fourth-order valence-corrected chi connectivity index (χ4v) is 3.05. The molecule has 0 bridgehead atoms. The van der Waals surface area contributed by atoms with E-state index in [0.717, 1.165) is 5.69 Å². The Labute approximate surface area is 165 Å². The molecule has 0 aliphatic carbocycles. The van der Waals surface area contributed by atoms with E-state index in [1.807, 2.05) is 0 Å². The highest BCUT2D eigenvalue weighted by molar-refractivity contribution is 6.02. The number of nitrogens with zero attached hydrogens (tertiary/aromatic N) is 4. The van der Waals surface area contributed by atoms with Crippen LogP contribution in [0.5, 0.6) is 0 Å². The van der Waals surface area contributed by atoms with Crippen molar-refractivity contribution in [3.63, 3.8) is 0 Å². The molecule has 0 atom stereocenters. The molecule has 29 heavy (non-hydrogen) atoms. The second kappa shape index (κ2) is 7.74. The molecule has 150 valence electrons. The molecule has 1 saturated heterocycles. The number of carbonyl (C=O) groups is 2. The molecular weight excluding hydrogens is 381 g/mol. The molecule has 0 unspecified atom stereocenters. The first-order chi connectivity index (χ1) is 14.0. The number of piperazine rings is 1. The first-order valence-corrected chi connectivity index (χ1v) is 8.99. The van der Waals surface area contributed by atoms with Crippen LogP contribution in [0.4, 0.5) is 16.1 Å². The highest BCUT2D eigenvalue weighted by Gasteiger charge is 2.25. The average molecular weight is 399 g/mol. The first kappa shape index (κ1) is 18.7. The Morgan fingerprint density at radius 1 is 1.10 bits per heavy atom. The third-order valence-corrected chi connectivity index (χ3v) is 4.56. The molecule has 1 aliphatic rings. The minimum absolute atomic E-state index is 0.0884. The van der Waals surface area contributed by atoms with Crippen LogP contribution < -0.4 is 10.2 Å². The first-order valence-electron chi connectivity index (χ1n) is 8.99. The molecule has 9 nitrogen and oxygen atoms in total. The predicted octanol–water partition coefficient (Wildman–Crippen LogP) is 2.32. The van der Waals surface area contributed by atoms with Crippen molar-refractivity contribution in [3.8, 4) is 0 Å². The van der Waals surface area contributed by atoms with Gasteiger partial charge in [-0.25, -0.2) is 4.39 Å². The van der Waals surface area contributed by atoms with E-state index < -0.39 is 5.91 Å². The van der Waals surface area contributed by atoms with Crippen LogP contribution in [0.25, 0.3) is 0 Å². The van der Waals surface area contributed by atoms with E-state index >= 15 is 0 Å². The quantitative estimate of drug-likeness (QED) is 0.718. The number of halogens is 1. The predicted molar refractivity (Wildman–Crippen MR) is 100 cm³/mol. The molecule has 0 spiro atoms. The molecular formula is C19H18FN5O4. The topological polar surface area (TPSA) is 105 Å². The van der Waals surface area contributed by atoms with Gasteiger partial charge in [-0.05, 0) is 31.2 Å². The summed E-state index contributed by atoms with van der Waals surface area (Å²) in [6.45, 7) is 3.88. The zero-order valence-corrected chi connectivity index (χ0v) is 15.6. The third-order valence-electron chi connectivity index (χ3n) is 4.56. The lowest BCUT2D eigenvalue weighted by molar-refractivity contribution is 0.0740. The van der Waals surface area contributed by atoms with Crippen molar-refractivity contribution < 1.29 is 22.9 Å². The van der Waals surface area contributed by atoms with Gasteiger partial charge in [0.15, 0.2) is 11.4 Å². The summed E-state index contributed by atoms with van der Waals surface area (Å²) in [5, 5.41) is 6.04. The Morgan fingerprint density at radius 3 is 2.48 bits per heavy atom. The van der Waals surface area contributed by atoms with Crippen molar-refractivity contribution >= 4 is 23.5 Å². The van der Waals surface area contributed by atoms with E-state index in [1.54, 1.807) is 24.0 Å². The molecule has 2 amide bonds. The summed E-state index contributed by atoms with van der Waals surface area (Å²) in [4.78, 5) is 32.5. The molecule has 3 heterocycles. The Morgan fingerprint density at radius 2 is 1.83 bits per heavy atom. The summed E-state index contributed by atoms with van der Waals surface area (Å²) >= 11 is 0. The minimum Gasteiger partial charge on any atom is -0.431 e. The van der Waals surface area contributed by atoms with Crippen LogP contribution in [0.2, 0.25) is 0 Å². The van der Waals surface area contributed by atoms with Crippen LogP contribution in [-0.2, 0) is 0 Å². The highest BCUT2D eigenvalue weighted by atomic mass is 19.1. The van der Waals surface area contributed by atoms with E-state index in [-0.39, 0.29) is 29.1 Å². The van der Waals surface area contributed by atoms with Gasteiger partial charge in [0.25, 0.3) is 11.8 Å². The second-order valence-corrected chi connectivity index (χ2v) is 6.57. The number of carbonyl (C=O) groups excluding carboxylic acids is 2. The molecule has 0 saturated carbocycles. The van der Waals surface area contributed by atoms with Crippen molar-refractivity contribution in [1.29, 1.82) is 0 Å². The Bertz CT molecular complexity index is 1020. The molecule has 4 rings (SSSR count). The van der Waals surface area contributed by atoms with Crippen LogP contribution in [-0.4, -0.2) is 53.0 Å². The largest absolute Gasteiger partial charge is 0.431 e. The summed E-state index contributed by atoms with van der Waals surface area (Å²) in [6, 6.07) is 7.65. The number of oxazole rings is 1. The van der Waals surface area contributed by atoms with Gasteiger partial charge < -0.3 is 18.7 Å². The van der Waals surface area contributed by atoms with E-state index in [2.05, 4.69) is 20.4 Å². The minimum atomic E-state index is -0.546. The molecule has 1 aliphatic heterocycles. The normalized spacial score (nSPS) is 14.1. The Kier molecular flexibility index (Phi) is 4.98. The molecule has 3 aromatic rings. The molecule has 2 aromatic heterocycles. The summed E-state index contributed by atoms with van der Waals surface area (Å²) in [5.41, 5.74) is 1.10. The maximum atomic E-state index is 13.1. The van der Waals surface area contributed by atoms with E-state index in [1.165, 1.54) is 24.5 Å². The number of aryl methyl sites for hydroxylation is 1. The fourth-order valence-electron chi connectivity index (χ4n) is 3.05. The van der Waals surface area contributed by atoms with Gasteiger partial charge in [0.05, 0.1) is 0 Å². The van der Waals surface area contributed by atoms with Crippen LogP contribution in [0, 0.1) is 12.7 Å². The van der Waals surface area contributed by atoms with Crippen LogP contribution >= 0.6 is 0 Å². The van der Waals surface area contributed by atoms with E-state index in [9.17, 15) is 14.0 Å². The summed E-state index contributed by atoms with van der Waals surface area (Å²) in [7, 11) is 0. The maximum Gasteiger partial charge on any atom is 0.302 e.